The van der Waals surface area contributed by atoms with E-state index in [-0.39, 0.29) is 18.2 Å². The summed E-state index contributed by atoms with van der Waals surface area (Å²) in [6, 6.07) is 7.34. The number of rotatable bonds is 3. The van der Waals surface area contributed by atoms with E-state index in [2.05, 4.69) is 15.9 Å². The molecule has 2 aromatic rings. The number of halogens is 1. The lowest BCUT2D eigenvalue weighted by Crippen LogP contribution is -2.39. The van der Waals surface area contributed by atoms with E-state index in [0.29, 0.717) is 5.58 Å². The number of amides is 1. The normalized spacial score (nSPS) is 11.8. The molecule has 102 valence electrons. The summed E-state index contributed by atoms with van der Waals surface area (Å²) < 4.78 is 6.39. The second kappa shape index (κ2) is 4.98. The van der Waals surface area contributed by atoms with Crippen LogP contribution in [0.2, 0.25) is 0 Å². The molecule has 2 rings (SSSR count). The van der Waals surface area contributed by atoms with Crippen LogP contribution in [0.25, 0.3) is 11.0 Å². The molecule has 0 bridgehead atoms. The summed E-state index contributed by atoms with van der Waals surface area (Å²) in [5, 5.41) is 10.6. The summed E-state index contributed by atoms with van der Waals surface area (Å²) in [7, 11) is 1.64. The molecule has 4 nitrogen and oxygen atoms in total. The third-order valence-corrected chi connectivity index (χ3v) is 3.30. The predicted octanol–water partition coefficient (Wildman–Crippen LogP) is 3.04. The monoisotopic (exact) mass is 325 g/mol. The summed E-state index contributed by atoms with van der Waals surface area (Å²) in [4.78, 5) is 13.7. The maximum absolute atomic E-state index is 12.2. The Kier molecular flexibility index (Phi) is 3.69. The molecule has 1 aromatic heterocycles. The molecule has 1 aromatic carbocycles. The lowest BCUT2D eigenvalue weighted by atomic mass is 10.1. The molecule has 0 saturated carbocycles. The Morgan fingerprint density at radius 2 is 2.16 bits per heavy atom. The van der Waals surface area contributed by atoms with Crippen molar-refractivity contribution in [3.05, 3.63) is 34.5 Å². The Morgan fingerprint density at radius 1 is 1.47 bits per heavy atom. The number of carbonyl (C=O) groups excluding carboxylic acids is 1. The molecular weight excluding hydrogens is 310 g/mol. The van der Waals surface area contributed by atoms with Gasteiger partial charge in [0.15, 0.2) is 5.76 Å². The van der Waals surface area contributed by atoms with E-state index in [4.69, 9.17) is 4.42 Å². The maximum atomic E-state index is 12.2. The zero-order valence-electron chi connectivity index (χ0n) is 11.1. The number of benzene rings is 1. The van der Waals surface area contributed by atoms with Crippen molar-refractivity contribution in [2.24, 2.45) is 0 Å². The average Bonchev–Trinajstić information content (AvgIpc) is 2.71. The highest BCUT2D eigenvalue weighted by atomic mass is 79.9. The first kappa shape index (κ1) is 14.1. The molecule has 0 aliphatic heterocycles. The van der Waals surface area contributed by atoms with Crippen molar-refractivity contribution in [2.75, 3.05) is 13.6 Å². The van der Waals surface area contributed by atoms with Crippen molar-refractivity contribution in [1.82, 2.24) is 4.90 Å². The number of fused-ring (bicyclic) bond motifs is 1. The lowest BCUT2D eigenvalue weighted by molar-refractivity contribution is 0.0353. The van der Waals surface area contributed by atoms with Crippen LogP contribution in [-0.4, -0.2) is 35.1 Å². The molecule has 1 heterocycles. The fraction of sp³-hybridized carbons (Fsp3) is 0.357. The third-order valence-electron chi connectivity index (χ3n) is 2.68. The van der Waals surface area contributed by atoms with E-state index in [1.165, 1.54) is 4.90 Å². The third kappa shape index (κ3) is 3.16. The summed E-state index contributed by atoms with van der Waals surface area (Å²) >= 11 is 3.39. The number of para-hydroxylation sites is 1. The largest absolute Gasteiger partial charge is 0.450 e. The Hall–Kier alpha value is -1.33. The second-order valence-corrected chi connectivity index (χ2v) is 6.10. The number of hydrogen-bond acceptors (Lipinski definition) is 3. The van der Waals surface area contributed by atoms with Crippen LogP contribution in [0.1, 0.15) is 24.4 Å². The van der Waals surface area contributed by atoms with Gasteiger partial charge in [0.05, 0.1) is 10.1 Å². The van der Waals surface area contributed by atoms with Gasteiger partial charge in [-0.3, -0.25) is 4.79 Å². The highest BCUT2D eigenvalue weighted by molar-refractivity contribution is 9.10. The van der Waals surface area contributed by atoms with E-state index < -0.39 is 5.60 Å². The zero-order chi connectivity index (χ0) is 14.2. The van der Waals surface area contributed by atoms with E-state index in [0.717, 1.165) is 9.86 Å². The predicted molar refractivity (Wildman–Crippen MR) is 77.2 cm³/mol. The van der Waals surface area contributed by atoms with Gasteiger partial charge in [-0.05, 0) is 41.9 Å². The fourth-order valence-electron chi connectivity index (χ4n) is 1.97. The summed E-state index contributed by atoms with van der Waals surface area (Å²) in [6.07, 6.45) is 0. The van der Waals surface area contributed by atoms with Crippen molar-refractivity contribution in [3.63, 3.8) is 0 Å². The van der Waals surface area contributed by atoms with Crippen LogP contribution in [0.3, 0.4) is 0 Å². The molecular formula is C14H16BrNO3. The highest BCUT2D eigenvalue weighted by Crippen LogP contribution is 2.27. The van der Waals surface area contributed by atoms with Crippen molar-refractivity contribution in [3.8, 4) is 0 Å². The van der Waals surface area contributed by atoms with Gasteiger partial charge >= 0.3 is 0 Å². The van der Waals surface area contributed by atoms with Crippen LogP contribution in [0.4, 0.5) is 0 Å². The van der Waals surface area contributed by atoms with Gasteiger partial charge in [0, 0.05) is 19.0 Å². The van der Waals surface area contributed by atoms with Crippen molar-refractivity contribution < 1.29 is 14.3 Å². The molecule has 0 aliphatic rings. The molecule has 0 saturated heterocycles. The van der Waals surface area contributed by atoms with Gasteiger partial charge in [-0.25, -0.2) is 0 Å². The summed E-state index contributed by atoms with van der Waals surface area (Å²) in [5.41, 5.74) is -0.278. The Morgan fingerprint density at radius 3 is 2.74 bits per heavy atom. The van der Waals surface area contributed by atoms with Crippen molar-refractivity contribution >= 4 is 32.8 Å². The fourth-order valence-corrected chi connectivity index (χ4v) is 2.44. The molecule has 0 spiro atoms. The topological polar surface area (TPSA) is 53.7 Å². The number of carbonyl (C=O) groups is 1. The maximum Gasteiger partial charge on any atom is 0.289 e. The van der Waals surface area contributed by atoms with Gasteiger partial charge in [-0.2, -0.15) is 0 Å². The molecule has 1 N–H and O–H groups in total. The van der Waals surface area contributed by atoms with E-state index in [9.17, 15) is 9.90 Å². The zero-order valence-corrected chi connectivity index (χ0v) is 12.7. The summed E-state index contributed by atoms with van der Waals surface area (Å²) in [5.74, 6) is 0.0267. The molecule has 19 heavy (non-hydrogen) atoms. The number of furan rings is 1. The molecule has 1 amide bonds. The molecule has 0 radical (unpaired) electrons. The van der Waals surface area contributed by atoms with E-state index in [1.54, 1.807) is 27.0 Å². The quantitative estimate of drug-likeness (QED) is 0.943. The van der Waals surface area contributed by atoms with Crippen LogP contribution in [0.15, 0.2) is 33.2 Å². The van der Waals surface area contributed by atoms with Gasteiger partial charge in [0.2, 0.25) is 0 Å². The first-order valence-corrected chi connectivity index (χ1v) is 6.73. The molecule has 0 aliphatic carbocycles. The second-order valence-electron chi connectivity index (χ2n) is 5.24. The Balaban J connectivity index is 2.29. The van der Waals surface area contributed by atoms with Crippen molar-refractivity contribution in [2.45, 2.75) is 19.4 Å². The Labute approximate surface area is 120 Å². The first-order chi connectivity index (χ1) is 8.78. The van der Waals surface area contributed by atoms with E-state index in [1.807, 2.05) is 18.2 Å². The lowest BCUT2D eigenvalue weighted by Gasteiger charge is -2.24. The number of hydrogen-bond donors (Lipinski definition) is 1. The minimum Gasteiger partial charge on any atom is -0.450 e. The van der Waals surface area contributed by atoms with Gasteiger partial charge in [0.25, 0.3) is 5.91 Å². The number of likely N-dealkylation sites (N-methyl/N-ethyl adjacent to an activating group) is 1. The molecule has 0 fully saturated rings. The van der Waals surface area contributed by atoms with Gasteiger partial charge < -0.3 is 14.4 Å². The van der Waals surface area contributed by atoms with Crippen LogP contribution in [0.5, 0.6) is 0 Å². The number of nitrogens with zero attached hydrogens (tertiary/aromatic N) is 1. The van der Waals surface area contributed by atoms with Crippen LogP contribution in [0, 0.1) is 0 Å². The first-order valence-electron chi connectivity index (χ1n) is 5.94. The minimum atomic E-state index is -0.934. The standard InChI is InChI=1S/C14H16BrNO3/c1-14(2,18)8-16(3)13(17)11-7-9-5-4-6-10(15)12(9)19-11/h4-7,18H,8H2,1-3H3. The van der Waals surface area contributed by atoms with Gasteiger partial charge in [-0.1, -0.05) is 12.1 Å². The van der Waals surface area contributed by atoms with Crippen molar-refractivity contribution in [1.29, 1.82) is 0 Å². The van der Waals surface area contributed by atoms with Gasteiger partial charge in [-0.15, -0.1) is 0 Å². The smallest absolute Gasteiger partial charge is 0.289 e. The van der Waals surface area contributed by atoms with Crippen LogP contribution < -0.4 is 0 Å². The summed E-state index contributed by atoms with van der Waals surface area (Å²) in [6.45, 7) is 3.56. The minimum absolute atomic E-state index is 0.240. The molecule has 0 unspecified atom stereocenters. The Bertz CT molecular complexity index is 613. The average molecular weight is 326 g/mol. The van der Waals surface area contributed by atoms with E-state index >= 15 is 0 Å². The molecule has 5 heteroatoms. The highest BCUT2D eigenvalue weighted by Gasteiger charge is 2.23. The van der Waals surface area contributed by atoms with Gasteiger partial charge in [0.1, 0.15) is 5.58 Å². The number of aliphatic hydroxyl groups is 1. The molecule has 0 atom stereocenters. The SMILES string of the molecule is CN(CC(C)(C)O)C(=O)c1cc2cccc(Br)c2o1. The van der Waals surface area contributed by atoms with Crippen LogP contribution >= 0.6 is 15.9 Å². The van der Waals surface area contributed by atoms with Crippen LogP contribution in [-0.2, 0) is 0 Å².